The van der Waals surface area contributed by atoms with Crippen LogP contribution in [0.1, 0.15) is 31.4 Å². The lowest BCUT2D eigenvalue weighted by atomic mass is 10.0. The summed E-state index contributed by atoms with van der Waals surface area (Å²) in [4.78, 5) is 2.41. The normalized spacial score (nSPS) is 21.2. The molecule has 4 heteroatoms. The van der Waals surface area contributed by atoms with Gasteiger partial charge in [0.25, 0.3) is 0 Å². The Labute approximate surface area is 120 Å². The second-order valence-electron chi connectivity index (χ2n) is 5.59. The summed E-state index contributed by atoms with van der Waals surface area (Å²) in [6.07, 6.45) is 2.11. The van der Waals surface area contributed by atoms with Crippen LogP contribution in [0.15, 0.2) is 24.3 Å². The molecule has 3 nitrogen and oxygen atoms in total. The van der Waals surface area contributed by atoms with Crippen molar-refractivity contribution in [1.82, 2.24) is 10.2 Å². The summed E-state index contributed by atoms with van der Waals surface area (Å²) in [5.74, 6) is 0.257. The average Bonchev–Trinajstić information content (AvgIpc) is 2.92. The summed E-state index contributed by atoms with van der Waals surface area (Å²) in [5.41, 5.74) is 1.14. The van der Waals surface area contributed by atoms with Gasteiger partial charge in [-0.15, -0.1) is 0 Å². The largest absolute Gasteiger partial charge is 0.396 e. The van der Waals surface area contributed by atoms with Crippen molar-refractivity contribution >= 4 is 0 Å². The topological polar surface area (TPSA) is 35.5 Å². The third-order valence-corrected chi connectivity index (χ3v) is 4.09. The van der Waals surface area contributed by atoms with Gasteiger partial charge in [0, 0.05) is 19.2 Å². The molecule has 1 saturated heterocycles. The number of hydrogen-bond acceptors (Lipinski definition) is 3. The lowest BCUT2D eigenvalue weighted by Gasteiger charge is -2.22. The Morgan fingerprint density at radius 3 is 2.75 bits per heavy atom. The second kappa shape index (κ2) is 7.72. The van der Waals surface area contributed by atoms with E-state index in [-0.39, 0.29) is 11.9 Å². The van der Waals surface area contributed by atoms with Crippen LogP contribution in [0.4, 0.5) is 4.39 Å². The molecule has 0 aliphatic carbocycles. The van der Waals surface area contributed by atoms with Crippen LogP contribution in [0.25, 0.3) is 0 Å². The van der Waals surface area contributed by atoms with Crippen molar-refractivity contribution < 1.29 is 9.50 Å². The van der Waals surface area contributed by atoms with Gasteiger partial charge in [-0.05, 0) is 56.1 Å². The Morgan fingerprint density at radius 1 is 1.40 bits per heavy atom. The number of nitrogens with one attached hydrogen (secondary N) is 1. The van der Waals surface area contributed by atoms with Gasteiger partial charge in [0.15, 0.2) is 0 Å². The van der Waals surface area contributed by atoms with Crippen LogP contribution in [0, 0.1) is 11.7 Å². The fraction of sp³-hybridized carbons (Fsp3) is 0.625. The lowest BCUT2D eigenvalue weighted by molar-refractivity contribution is 0.219. The monoisotopic (exact) mass is 280 g/mol. The molecule has 0 bridgehead atoms. The summed E-state index contributed by atoms with van der Waals surface area (Å²) in [7, 11) is 0. The Balaban J connectivity index is 1.88. The van der Waals surface area contributed by atoms with Gasteiger partial charge in [0.2, 0.25) is 0 Å². The maximum absolute atomic E-state index is 13.0. The number of nitrogens with zero attached hydrogens (tertiary/aromatic N) is 1. The van der Waals surface area contributed by atoms with Gasteiger partial charge in [0.1, 0.15) is 5.82 Å². The predicted molar refractivity (Wildman–Crippen MR) is 79.1 cm³/mol. The summed E-state index contributed by atoms with van der Waals surface area (Å²) >= 11 is 0. The summed E-state index contributed by atoms with van der Waals surface area (Å²) < 4.78 is 13.0. The fourth-order valence-corrected chi connectivity index (χ4v) is 2.90. The number of aliphatic hydroxyl groups excluding tert-OH is 1. The molecular weight excluding hydrogens is 255 g/mol. The van der Waals surface area contributed by atoms with Crippen molar-refractivity contribution in [3.8, 4) is 0 Å². The molecule has 2 unspecified atom stereocenters. The molecule has 0 spiro atoms. The summed E-state index contributed by atoms with van der Waals surface area (Å²) in [5, 5.41) is 12.6. The summed E-state index contributed by atoms with van der Waals surface area (Å²) in [6, 6.07) is 7.05. The molecule has 0 amide bonds. The fourth-order valence-electron chi connectivity index (χ4n) is 2.90. The zero-order valence-electron chi connectivity index (χ0n) is 12.2. The number of halogens is 1. The number of benzene rings is 1. The first-order valence-corrected chi connectivity index (χ1v) is 7.55. The highest BCUT2D eigenvalue weighted by Crippen LogP contribution is 2.21. The third kappa shape index (κ3) is 4.27. The zero-order valence-corrected chi connectivity index (χ0v) is 12.2. The number of rotatable bonds is 7. The van der Waals surface area contributed by atoms with Crippen molar-refractivity contribution in [1.29, 1.82) is 0 Å². The molecule has 1 aromatic carbocycles. The van der Waals surface area contributed by atoms with Gasteiger partial charge in [0.05, 0.1) is 0 Å². The van der Waals surface area contributed by atoms with Crippen LogP contribution in [-0.4, -0.2) is 42.8 Å². The molecule has 0 saturated carbocycles. The predicted octanol–water partition coefficient (Wildman–Crippen LogP) is 2.18. The van der Waals surface area contributed by atoms with E-state index >= 15 is 0 Å². The smallest absolute Gasteiger partial charge is 0.123 e. The minimum atomic E-state index is -0.186. The van der Waals surface area contributed by atoms with Crippen LogP contribution < -0.4 is 5.32 Å². The maximum atomic E-state index is 13.0. The van der Waals surface area contributed by atoms with E-state index in [0.29, 0.717) is 12.5 Å². The molecule has 1 aliphatic heterocycles. The molecule has 0 aromatic heterocycles. The van der Waals surface area contributed by atoms with E-state index in [9.17, 15) is 9.50 Å². The molecule has 2 N–H and O–H groups in total. The van der Waals surface area contributed by atoms with E-state index in [0.717, 1.165) is 44.6 Å². The first-order chi connectivity index (χ1) is 9.72. The lowest BCUT2D eigenvalue weighted by Crippen LogP contribution is -2.28. The van der Waals surface area contributed by atoms with Crippen molar-refractivity contribution in [3.63, 3.8) is 0 Å². The second-order valence-corrected chi connectivity index (χ2v) is 5.59. The number of likely N-dealkylation sites (tertiary alicyclic amines) is 1. The van der Waals surface area contributed by atoms with E-state index in [1.807, 2.05) is 12.1 Å². The van der Waals surface area contributed by atoms with Gasteiger partial charge in [-0.2, -0.15) is 0 Å². The average molecular weight is 280 g/mol. The Morgan fingerprint density at radius 2 is 2.15 bits per heavy atom. The van der Waals surface area contributed by atoms with E-state index < -0.39 is 0 Å². The van der Waals surface area contributed by atoms with Crippen LogP contribution in [-0.2, 0) is 0 Å². The number of hydrogen-bond donors (Lipinski definition) is 2. The molecule has 1 aliphatic rings. The molecule has 0 radical (unpaired) electrons. The SMILES string of the molecule is CCNC(CCN1CCC(CO)C1)c1ccc(F)cc1. The molecule has 2 rings (SSSR count). The quantitative estimate of drug-likeness (QED) is 0.803. The van der Waals surface area contributed by atoms with Gasteiger partial charge in [-0.3, -0.25) is 0 Å². The van der Waals surface area contributed by atoms with Gasteiger partial charge in [-0.1, -0.05) is 19.1 Å². The minimum Gasteiger partial charge on any atom is -0.396 e. The van der Waals surface area contributed by atoms with Crippen molar-refractivity contribution in [2.45, 2.75) is 25.8 Å². The molecule has 1 heterocycles. The van der Waals surface area contributed by atoms with Crippen LogP contribution in [0.5, 0.6) is 0 Å². The minimum absolute atomic E-state index is 0.186. The zero-order chi connectivity index (χ0) is 14.4. The van der Waals surface area contributed by atoms with E-state index in [4.69, 9.17) is 0 Å². The first kappa shape index (κ1) is 15.4. The van der Waals surface area contributed by atoms with Crippen LogP contribution >= 0.6 is 0 Å². The molecule has 112 valence electrons. The highest BCUT2D eigenvalue weighted by Gasteiger charge is 2.22. The standard InChI is InChI=1S/C16H25FN2O/c1-2-18-16(14-3-5-15(17)6-4-14)8-10-19-9-7-13(11-19)12-20/h3-6,13,16,18,20H,2,7-12H2,1H3. The Bertz CT molecular complexity index is 396. The van der Waals surface area contributed by atoms with Crippen molar-refractivity contribution in [2.75, 3.05) is 32.8 Å². The van der Waals surface area contributed by atoms with Gasteiger partial charge >= 0.3 is 0 Å². The van der Waals surface area contributed by atoms with E-state index in [1.165, 1.54) is 12.1 Å². The highest BCUT2D eigenvalue weighted by atomic mass is 19.1. The molecule has 1 aromatic rings. The highest BCUT2D eigenvalue weighted by molar-refractivity contribution is 5.20. The number of aliphatic hydroxyl groups is 1. The first-order valence-electron chi connectivity index (χ1n) is 7.55. The Hall–Kier alpha value is -0.970. The molecule has 20 heavy (non-hydrogen) atoms. The van der Waals surface area contributed by atoms with Crippen molar-refractivity contribution in [2.24, 2.45) is 5.92 Å². The van der Waals surface area contributed by atoms with Gasteiger partial charge < -0.3 is 15.3 Å². The van der Waals surface area contributed by atoms with Crippen LogP contribution in [0.3, 0.4) is 0 Å². The maximum Gasteiger partial charge on any atom is 0.123 e. The third-order valence-electron chi connectivity index (χ3n) is 4.09. The van der Waals surface area contributed by atoms with Gasteiger partial charge in [-0.25, -0.2) is 4.39 Å². The van der Waals surface area contributed by atoms with E-state index in [2.05, 4.69) is 17.1 Å². The van der Waals surface area contributed by atoms with Crippen LogP contribution in [0.2, 0.25) is 0 Å². The van der Waals surface area contributed by atoms with Crippen molar-refractivity contribution in [3.05, 3.63) is 35.6 Å². The van der Waals surface area contributed by atoms with E-state index in [1.54, 1.807) is 0 Å². The Kier molecular flexibility index (Phi) is 5.95. The summed E-state index contributed by atoms with van der Waals surface area (Å²) in [6.45, 7) is 6.39. The molecular formula is C16H25FN2O. The molecule has 2 atom stereocenters. The molecule has 1 fully saturated rings.